The van der Waals surface area contributed by atoms with Crippen molar-refractivity contribution in [3.05, 3.63) is 35.9 Å². The molecule has 0 aromatic heterocycles. The Morgan fingerprint density at radius 2 is 1.89 bits per heavy atom. The molecule has 1 amide bonds. The number of amides is 1. The van der Waals surface area contributed by atoms with E-state index in [1.165, 1.54) is 5.56 Å². The molecular formula is C15H20N2O. The fourth-order valence-corrected chi connectivity index (χ4v) is 3.61. The smallest absolute Gasteiger partial charge is 0.229 e. The highest BCUT2D eigenvalue weighted by molar-refractivity contribution is 5.86. The first-order valence-electron chi connectivity index (χ1n) is 6.75. The quantitative estimate of drug-likeness (QED) is 0.814. The Hall–Kier alpha value is -1.35. The summed E-state index contributed by atoms with van der Waals surface area (Å²) in [6.07, 6.45) is 1.94. The molecule has 0 saturated carbocycles. The van der Waals surface area contributed by atoms with Crippen molar-refractivity contribution in [2.45, 2.75) is 18.8 Å². The first-order valence-corrected chi connectivity index (χ1v) is 6.75. The van der Waals surface area contributed by atoms with Gasteiger partial charge in [0.25, 0.3) is 0 Å². The number of hydrogen-bond acceptors (Lipinski definition) is 2. The van der Waals surface area contributed by atoms with Crippen LogP contribution in [0.2, 0.25) is 0 Å². The lowest BCUT2D eigenvalue weighted by Crippen LogP contribution is -2.44. The first-order chi connectivity index (χ1) is 8.74. The SMILES string of the molecule is CN1CC(c2ccccc2)C2(CCNCC2)C1=O. The molecule has 1 aromatic rings. The first kappa shape index (κ1) is 11.7. The van der Waals surface area contributed by atoms with Crippen LogP contribution >= 0.6 is 0 Å². The van der Waals surface area contributed by atoms with Gasteiger partial charge in [0.05, 0.1) is 5.41 Å². The van der Waals surface area contributed by atoms with Crippen LogP contribution in [0.1, 0.15) is 24.3 Å². The van der Waals surface area contributed by atoms with Gasteiger partial charge in [-0.2, -0.15) is 0 Å². The number of benzene rings is 1. The van der Waals surface area contributed by atoms with Gasteiger partial charge in [0.15, 0.2) is 0 Å². The third-order valence-corrected chi connectivity index (χ3v) is 4.59. The number of nitrogens with one attached hydrogen (secondary N) is 1. The summed E-state index contributed by atoms with van der Waals surface area (Å²) in [5.74, 6) is 0.705. The topological polar surface area (TPSA) is 32.3 Å². The maximum absolute atomic E-state index is 12.6. The molecule has 1 aromatic carbocycles. The van der Waals surface area contributed by atoms with Gasteiger partial charge in [-0.3, -0.25) is 4.79 Å². The Balaban J connectivity index is 1.99. The van der Waals surface area contributed by atoms with Gasteiger partial charge in [-0.25, -0.2) is 0 Å². The number of carbonyl (C=O) groups is 1. The zero-order chi connectivity index (χ0) is 12.6. The fourth-order valence-electron chi connectivity index (χ4n) is 3.61. The molecule has 1 unspecified atom stereocenters. The number of piperidine rings is 1. The highest BCUT2D eigenvalue weighted by atomic mass is 16.2. The average molecular weight is 244 g/mol. The molecule has 1 atom stereocenters. The van der Waals surface area contributed by atoms with Crippen LogP contribution in [0, 0.1) is 5.41 Å². The zero-order valence-electron chi connectivity index (χ0n) is 10.9. The van der Waals surface area contributed by atoms with Crippen molar-refractivity contribution in [2.24, 2.45) is 5.41 Å². The van der Waals surface area contributed by atoms with Gasteiger partial charge in [-0.1, -0.05) is 30.3 Å². The summed E-state index contributed by atoms with van der Waals surface area (Å²) >= 11 is 0. The molecule has 2 heterocycles. The second-order valence-corrected chi connectivity index (χ2v) is 5.56. The maximum Gasteiger partial charge on any atom is 0.229 e. The summed E-state index contributed by atoms with van der Waals surface area (Å²) in [4.78, 5) is 14.5. The van der Waals surface area contributed by atoms with Crippen molar-refractivity contribution in [3.63, 3.8) is 0 Å². The number of likely N-dealkylation sites (tertiary alicyclic amines) is 1. The number of nitrogens with zero attached hydrogens (tertiary/aromatic N) is 1. The molecule has 0 radical (unpaired) electrons. The van der Waals surface area contributed by atoms with Crippen LogP contribution in [0.3, 0.4) is 0 Å². The summed E-state index contributed by atoms with van der Waals surface area (Å²) in [7, 11) is 1.94. The van der Waals surface area contributed by atoms with Crippen LogP contribution in [0.25, 0.3) is 0 Å². The van der Waals surface area contributed by atoms with Crippen LogP contribution in [0.4, 0.5) is 0 Å². The van der Waals surface area contributed by atoms with Gasteiger partial charge in [0.2, 0.25) is 5.91 Å². The maximum atomic E-state index is 12.6. The molecule has 18 heavy (non-hydrogen) atoms. The van der Waals surface area contributed by atoms with E-state index < -0.39 is 0 Å². The molecule has 2 saturated heterocycles. The summed E-state index contributed by atoms with van der Waals surface area (Å²) in [5, 5.41) is 3.37. The lowest BCUT2D eigenvalue weighted by Gasteiger charge is -2.36. The minimum Gasteiger partial charge on any atom is -0.345 e. The van der Waals surface area contributed by atoms with Crippen molar-refractivity contribution >= 4 is 5.91 Å². The van der Waals surface area contributed by atoms with Crippen LogP contribution in [-0.4, -0.2) is 37.5 Å². The summed E-state index contributed by atoms with van der Waals surface area (Å²) in [6.45, 7) is 2.79. The van der Waals surface area contributed by atoms with Gasteiger partial charge in [0.1, 0.15) is 0 Å². The van der Waals surface area contributed by atoms with Crippen molar-refractivity contribution in [3.8, 4) is 0 Å². The monoisotopic (exact) mass is 244 g/mol. The predicted molar refractivity (Wildman–Crippen MR) is 71.4 cm³/mol. The Kier molecular flexibility index (Phi) is 2.86. The number of carbonyl (C=O) groups excluding carboxylic acids is 1. The van der Waals surface area contributed by atoms with E-state index in [0.717, 1.165) is 32.5 Å². The van der Waals surface area contributed by atoms with Gasteiger partial charge >= 0.3 is 0 Å². The second kappa shape index (κ2) is 4.39. The number of rotatable bonds is 1. The van der Waals surface area contributed by atoms with Crippen LogP contribution in [0.15, 0.2) is 30.3 Å². The lowest BCUT2D eigenvalue weighted by atomic mass is 9.68. The van der Waals surface area contributed by atoms with E-state index in [0.29, 0.717) is 11.8 Å². The van der Waals surface area contributed by atoms with Crippen molar-refractivity contribution in [1.82, 2.24) is 10.2 Å². The van der Waals surface area contributed by atoms with E-state index in [4.69, 9.17) is 0 Å². The molecule has 0 bridgehead atoms. The minimum absolute atomic E-state index is 0.151. The van der Waals surface area contributed by atoms with Gasteiger partial charge < -0.3 is 10.2 Å². The number of hydrogen-bond donors (Lipinski definition) is 1. The molecular weight excluding hydrogens is 224 g/mol. The Bertz CT molecular complexity index is 437. The largest absolute Gasteiger partial charge is 0.345 e. The van der Waals surface area contributed by atoms with Crippen LogP contribution in [-0.2, 0) is 4.79 Å². The molecule has 1 spiro atoms. The Labute approximate surface area is 108 Å². The van der Waals surface area contributed by atoms with E-state index >= 15 is 0 Å². The molecule has 0 aliphatic carbocycles. The minimum atomic E-state index is -0.151. The van der Waals surface area contributed by atoms with Crippen molar-refractivity contribution in [1.29, 1.82) is 0 Å². The molecule has 3 nitrogen and oxygen atoms in total. The van der Waals surface area contributed by atoms with E-state index in [9.17, 15) is 4.79 Å². The lowest BCUT2D eigenvalue weighted by molar-refractivity contribution is -0.136. The predicted octanol–water partition coefficient (Wildman–Crippen LogP) is 1.61. The van der Waals surface area contributed by atoms with Crippen molar-refractivity contribution in [2.75, 3.05) is 26.7 Å². The Morgan fingerprint density at radius 3 is 2.56 bits per heavy atom. The Morgan fingerprint density at radius 1 is 1.22 bits per heavy atom. The molecule has 2 aliphatic rings. The zero-order valence-corrected chi connectivity index (χ0v) is 10.9. The molecule has 1 N–H and O–H groups in total. The molecule has 96 valence electrons. The molecule has 2 aliphatic heterocycles. The molecule has 3 heteroatoms. The van der Waals surface area contributed by atoms with E-state index in [2.05, 4.69) is 29.6 Å². The third kappa shape index (κ3) is 1.65. The van der Waals surface area contributed by atoms with Gasteiger partial charge in [-0.05, 0) is 31.5 Å². The van der Waals surface area contributed by atoms with Crippen LogP contribution < -0.4 is 5.32 Å². The fraction of sp³-hybridized carbons (Fsp3) is 0.533. The normalized spacial score (nSPS) is 26.8. The summed E-state index contributed by atoms with van der Waals surface area (Å²) in [5.41, 5.74) is 1.17. The second-order valence-electron chi connectivity index (χ2n) is 5.56. The highest BCUT2D eigenvalue weighted by Gasteiger charge is 2.53. The summed E-state index contributed by atoms with van der Waals surface area (Å²) < 4.78 is 0. The van der Waals surface area contributed by atoms with Gasteiger partial charge in [-0.15, -0.1) is 0 Å². The van der Waals surface area contributed by atoms with Crippen molar-refractivity contribution < 1.29 is 4.79 Å². The summed E-state index contributed by atoms with van der Waals surface area (Å²) in [6, 6.07) is 10.5. The van der Waals surface area contributed by atoms with E-state index in [-0.39, 0.29) is 5.41 Å². The third-order valence-electron chi connectivity index (χ3n) is 4.59. The number of likely N-dealkylation sites (N-methyl/N-ethyl adjacent to an activating group) is 1. The standard InChI is InChI=1S/C15H20N2O/c1-17-11-13(12-5-3-2-4-6-12)15(14(17)18)7-9-16-10-8-15/h2-6,13,16H,7-11H2,1H3. The molecule has 3 rings (SSSR count). The average Bonchev–Trinajstić information content (AvgIpc) is 2.66. The van der Waals surface area contributed by atoms with Crippen LogP contribution in [0.5, 0.6) is 0 Å². The highest BCUT2D eigenvalue weighted by Crippen LogP contribution is 2.49. The van der Waals surface area contributed by atoms with Gasteiger partial charge in [0, 0.05) is 19.5 Å². The van der Waals surface area contributed by atoms with E-state index in [1.807, 2.05) is 18.0 Å². The molecule has 2 fully saturated rings. The van der Waals surface area contributed by atoms with E-state index in [1.54, 1.807) is 0 Å².